The topological polar surface area (TPSA) is 134 Å². The van der Waals surface area contributed by atoms with Gasteiger partial charge in [0.1, 0.15) is 29.6 Å². The molecule has 1 saturated heterocycles. The van der Waals surface area contributed by atoms with Crippen LogP contribution in [0.25, 0.3) is 16.7 Å². The van der Waals surface area contributed by atoms with Crippen LogP contribution in [0.2, 0.25) is 0 Å². The number of benzene rings is 1. The van der Waals surface area contributed by atoms with Gasteiger partial charge >= 0.3 is 6.09 Å². The number of ether oxygens (including phenoxy) is 1. The minimum atomic E-state index is -0.618. The summed E-state index contributed by atoms with van der Waals surface area (Å²) in [6.07, 6.45) is 5.34. The van der Waals surface area contributed by atoms with Crippen molar-refractivity contribution in [2.75, 3.05) is 36.5 Å². The Morgan fingerprint density at radius 3 is 2.73 bits per heavy atom. The van der Waals surface area contributed by atoms with Gasteiger partial charge in [0.15, 0.2) is 11.5 Å². The molecule has 228 valence electrons. The average molecular weight is 661 g/mol. The molecule has 5 heterocycles. The number of aromatic nitrogens is 6. The summed E-state index contributed by atoms with van der Waals surface area (Å²) in [5.41, 5.74) is 5.90. The number of anilines is 3. The first-order chi connectivity index (χ1) is 21.1. The summed E-state index contributed by atoms with van der Waals surface area (Å²) >= 11 is 3.66. The standard InChI is InChI=1S/C31H34BrN9O3/c1-19-11-22(6-5-21(19)12-20-7-8-41-26(13-20)34-18-36-41)37-28-27-25(33-17-35-28)14-24(32)29(38-27)39-9-10-40(23(15-39)16-42)30(43)44-31(2,3)4/h5-8,11,13-14,17-18,23,42H,9-10,12,15-16H2,1-4H3,(H,33,35,37)/t23-/m0/s1. The van der Waals surface area contributed by atoms with E-state index in [4.69, 9.17) is 9.72 Å². The van der Waals surface area contributed by atoms with Crippen molar-refractivity contribution < 1.29 is 14.6 Å². The van der Waals surface area contributed by atoms with E-state index in [-0.39, 0.29) is 6.61 Å². The van der Waals surface area contributed by atoms with Crippen LogP contribution in [0.4, 0.5) is 22.1 Å². The molecule has 1 aromatic carbocycles. The van der Waals surface area contributed by atoms with Crippen molar-refractivity contribution in [3.63, 3.8) is 0 Å². The SMILES string of the molecule is Cc1cc(Nc2ncnc3cc(Br)c(N4CCN(C(=O)OC(C)(C)C)[C@H](CO)C4)nc23)ccc1Cc1ccn2ncnc2c1. The predicted molar refractivity (Wildman–Crippen MR) is 171 cm³/mol. The van der Waals surface area contributed by atoms with Crippen molar-refractivity contribution in [3.05, 3.63) is 76.4 Å². The molecule has 12 nitrogen and oxygen atoms in total. The molecule has 5 aromatic rings. The van der Waals surface area contributed by atoms with Gasteiger partial charge in [-0.3, -0.25) is 4.90 Å². The zero-order valence-electron chi connectivity index (χ0n) is 25.0. The lowest BCUT2D eigenvalue weighted by Crippen LogP contribution is -2.57. The van der Waals surface area contributed by atoms with E-state index in [0.29, 0.717) is 42.3 Å². The third-order valence-electron chi connectivity index (χ3n) is 7.51. The van der Waals surface area contributed by atoms with Gasteiger partial charge in [0, 0.05) is 31.5 Å². The first-order valence-electron chi connectivity index (χ1n) is 14.4. The largest absolute Gasteiger partial charge is 0.444 e. The van der Waals surface area contributed by atoms with Crippen LogP contribution in [0.1, 0.15) is 37.5 Å². The first-order valence-corrected chi connectivity index (χ1v) is 15.2. The molecular weight excluding hydrogens is 626 g/mol. The van der Waals surface area contributed by atoms with E-state index < -0.39 is 17.7 Å². The lowest BCUT2D eigenvalue weighted by Gasteiger charge is -2.41. The van der Waals surface area contributed by atoms with Gasteiger partial charge in [-0.2, -0.15) is 5.10 Å². The first kappa shape index (κ1) is 29.7. The number of aliphatic hydroxyl groups excluding tert-OH is 1. The minimum absolute atomic E-state index is 0.193. The molecule has 6 rings (SSSR count). The van der Waals surface area contributed by atoms with Crippen molar-refractivity contribution in [1.29, 1.82) is 0 Å². The number of rotatable bonds is 6. The number of hydrogen-bond donors (Lipinski definition) is 2. The molecule has 0 bridgehead atoms. The molecule has 1 fully saturated rings. The lowest BCUT2D eigenvalue weighted by molar-refractivity contribution is 0.00698. The van der Waals surface area contributed by atoms with Crippen LogP contribution in [-0.4, -0.2) is 83.5 Å². The molecule has 0 aliphatic carbocycles. The van der Waals surface area contributed by atoms with Gasteiger partial charge in [-0.05, 0) is 97.1 Å². The normalized spacial score (nSPS) is 15.6. The number of carbonyl (C=O) groups excluding carboxylic acids is 1. The number of fused-ring (bicyclic) bond motifs is 2. The Hall–Kier alpha value is -4.36. The van der Waals surface area contributed by atoms with Crippen molar-refractivity contribution in [2.45, 2.75) is 45.8 Å². The van der Waals surface area contributed by atoms with Gasteiger partial charge in [0.2, 0.25) is 0 Å². The van der Waals surface area contributed by atoms with Crippen LogP contribution < -0.4 is 10.2 Å². The fourth-order valence-corrected chi connectivity index (χ4v) is 5.88. The van der Waals surface area contributed by atoms with E-state index in [1.54, 1.807) is 15.7 Å². The number of amides is 1. The third-order valence-corrected chi connectivity index (χ3v) is 8.09. The molecule has 1 amide bonds. The molecule has 0 saturated carbocycles. The molecule has 44 heavy (non-hydrogen) atoms. The van der Waals surface area contributed by atoms with Gasteiger partial charge in [-0.1, -0.05) is 6.07 Å². The van der Waals surface area contributed by atoms with E-state index in [2.05, 4.69) is 71.3 Å². The summed E-state index contributed by atoms with van der Waals surface area (Å²) in [5, 5.41) is 17.7. The number of nitrogens with zero attached hydrogens (tertiary/aromatic N) is 8. The van der Waals surface area contributed by atoms with Crippen LogP contribution in [0.5, 0.6) is 0 Å². The highest BCUT2D eigenvalue weighted by Crippen LogP contribution is 2.32. The number of pyridine rings is 2. The number of piperazine rings is 1. The number of halogens is 1. The van der Waals surface area contributed by atoms with Crippen molar-refractivity contribution in [3.8, 4) is 0 Å². The molecule has 4 aromatic heterocycles. The van der Waals surface area contributed by atoms with E-state index in [0.717, 1.165) is 33.4 Å². The van der Waals surface area contributed by atoms with Crippen LogP contribution >= 0.6 is 15.9 Å². The molecule has 2 N–H and O–H groups in total. The summed E-state index contributed by atoms with van der Waals surface area (Å²) in [5.74, 6) is 1.27. The summed E-state index contributed by atoms with van der Waals surface area (Å²) in [6, 6.07) is 11.8. The van der Waals surface area contributed by atoms with Crippen molar-refractivity contribution >= 4 is 56.0 Å². The maximum Gasteiger partial charge on any atom is 0.410 e. The Kier molecular flexibility index (Phi) is 8.08. The zero-order valence-corrected chi connectivity index (χ0v) is 26.6. The van der Waals surface area contributed by atoms with Crippen molar-refractivity contribution in [2.24, 2.45) is 0 Å². The van der Waals surface area contributed by atoms with Crippen molar-refractivity contribution in [1.82, 2.24) is 34.4 Å². The fourth-order valence-electron chi connectivity index (χ4n) is 5.33. The fraction of sp³-hybridized carbons (Fsp3) is 0.355. The van der Waals surface area contributed by atoms with Crippen LogP contribution in [-0.2, 0) is 11.2 Å². The predicted octanol–water partition coefficient (Wildman–Crippen LogP) is 4.89. The quantitative estimate of drug-likeness (QED) is 0.259. The summed E-state index contributed by atoms with van der Waals surface area (Å²) in [6.45, 7) is 8.70. The Bertz CT molecular complexity index is 1840. The summed E-state index contributed by atoms with van der Waals surface area (Å²) in [4.78, 5) is 34.6. The van der Waals surface area contributed by atoms with E-state index in [1.165, 1.54) is 11.9 Å². The molecule has 13 heteroatoms. The smallest absolute Gasteiger partial charge is 0.410 e. The highest BCUT2D eigenvalue weighted by molar-refractivity contribution is 9.10. The maximum atomic E-state index is 12.8. The zero-order chi connectivity index (χ0) is 31.0. The number of carbonyl (C=O) groups is 1. The summed E-state index contributed by atoms with van der Waals surface area (Å²) in [7, 11) is 0. The molecular formula is C31H34BrN9O3. The second-order valence-electron chi connectivity index (χ2n) is 11.9. The van der Waals surface area contributed by atoms with Gasteiger partial charge in [-0.15, -0.1) is 0 Å². The lowest BCUT2D eigenvalue weighted by atomic mass is 10.0. The number of aryl methyl sites for hydroxylation is 1. The number of aliphatic hydroxyl groups is 1. The number of nitrogens with one attached hydrogen (secondary N) is 1. The average Bonchev–Trinajstić information content (AvgIpc) is 3.45. The second-order valence-corrected chi connectivity index (χ2v) is 12.7. The second kappa shape index (κ2) is 12.0. The van der Waals surface area contributed by atoms with Crippen LogP contribution in [0, 0.1) is 6.92 Å². The van der Waals surface area contributed by atoms with E-state index >= 15 is 0 Å². The molecule has 0 unspecified atom stereocenters. The highest BCUT2D eigenvalue weighted by Gasteiger charge is 2.34. The van der Waals surface area contributed by atoms with E-state index in [9.17, 15) is 9.90 Å². The minimum Gasteiger partial charge on any atom is -0.444 e. The monoisotopic (exact) mass is 659 g/mol. The Morgan fingerprint density at radius 2 is 1.95 bits per heavy atom. The van der Waals surface area contributed by atoms with Crippen LogP contribution in [0.3, 0.4) is 0 Å². The van der Waals surface area contributed by atoms with Crippen LogP contribution in [0.15, 0.2) is 59.7 Å². The van der Waals surface area contributed by atoms with Gasteiger partial charge in [-0.25, -0.2) is 29.2 Å². The van der Waals surface area contributed by atoms with E-state index in [1.807, 2.05) is 45.2 Å². The Labute approximate surface area is 263 Å². The Morgan fingerprint density at radius 1 is 1.11 bits per heavy atom. The maximum absolute atomic E-state index is 12.8. The van der Waals surface area contributed by atoms with Gasteiger partial charge < -0.3 is 20.1 Å². The number of hydrogen-bond acceptors (Lipinski definition) is 10. The highest BCUT2D eigenvalue weighted by atomic mass is 79.9. The molecule has 0 spiro atoms. The molecule has 1 aliphatic rings. The molecule has 1 aliphatic heterocycles. The molecule has 1 atom stereocenters. The third kappa shape index (κ3) is 6.29. The Balaban J connectivity index is 1.22. The van der Waals surface area contributed by atoms with Gasteiger partial charge in [0.25, 0.3) is 0 Å². The molecule has 0 radical (unpaired) electrons. The summed E-state index contributed by atoms with van der Waals surface area (Å²) < 4.78 is 8.08. The van der Waals surface area contributed by atoms with Gasteiger partial charge in [0.05, 0.1) is 22.6 Å².